The molecule has 2 rings (SSSR count). The summed E-state index contributed by atoms with van der Waals surface area (Å²) >= 11 is 1.40. The monoisotopic (exact) mass is 430 g/mol. The van der Waals surface area contributed by atoms with E-state index in [1.807, 2.05) is 32.0 Å². The Labute approximate surface area is 180 Å². The van der Waals surface area contributed by atoms with Gasteiger partial charge < -0.3 is 20.5 Å². The Kier molecular flexibility index (Phi) is 9.21. The summed E-state index contributed by atoms with van der Waals surface area (Å²) in [7, 11) is 0. The van der Waals surface area contributed by atoms with Crippen LogP contribution in [0.4, 0.5) is 11.4 Å². The quantitative estimate of drug-likeness (QED) is 0.457. The number of hydrogen-bond donors (Lipinski definition) is 3. The number of carbonyl (C=O) groups is 3. The van der Waals surface area contributed by atoms with E-state index < -0.39 is 5.97 Å². The highest BCUT2D eigenvalue weighted by molar-refractivity contribution is 8.00. The number of anilines is 2. The highest BCUT2D eigenvalue weighted by Gasteiger charge is 2.18. The van der Waals surface area contributed by atoms with Crippen molar-refractivity contribution in [3.05, 3.63) is 48.5 Å². The van der Waals surface area contributed by atoms with Crippen molar-refractivity contribution in [3.63, 3.8) is 0 Å². The molecule has 0 radical (unpaired) electrons. The minimum Gasteiger partial charge on any atom is -0.494 e. The van der Waals surface area contributed by atoms with Crippen molar-refractivity contribution in [1.82, 2.24) is 0 Å². The molecule has 0 saturated heterocycles. The molecule has 2 amide bonds. The van der Waals surface area contributed by atoms with Crippen molar-refractivity contribution in [1.29, 1.82) is 0 Å². The fourth-order valence-corrected chi connectivity index (χ4v) is 3.61. The molecule has 2 aromatic carbocycles. The Morgan fingerprint density at radius 3 is 2.37 bits per heavy atom. The molecule has 0 aromatic heterocycles. The van der Waals surface area contributed by atoms with Gasteiger partial charge in [-0.3, -0.25) is 14.4 Å². The first-order valence-electron chi connectivity index (χ1n) is 9.73. The molecular formula is C22H26N2O5S. The smallest absolute Gasteiger partial charge is 0.303 e. The topological polar surface area (TPSA) is 105 Å². The number of thioether (sulfide) groups is 1. The predicted molar refractivity (Wildman–Crippen MR) is 118 cm³/mol. The Morgan fingerprint density at radius 1 is 1.00 bits per heavy atom. The number of carboxylic acids is 1. The second kappa shape index (κ2) is 11.9. The molecule has 30 heavy (non-hydrogen) atoms. The number of amides is 2. The van der Waals surface area contributed by atoms with Gasteiger partial charge in [-0.05, 0) is 55.8 Å². The maximum absolute atomic E-state index is 12.7. The van der Waals surface area contributed by atoms with Crippen molar-refractivity contribution < 1.29 is 24.2 Å². The van der Waals surface area contributed by atoms with Crippen LogP contribution in [0.2, 0.25) is 0 Å². The molecule has 3 N–H and O–H groups in total. The van der Waals surface area contributed by atoms with E-state index in [0.717, 1.165) is 10.6 Å². The number of carbonyl (C=O) groups excluding carboxylic acids is 2. The van der Waals surface area contributed by atoms with Crippen LogP contribution in [0.25, 0.3) is 0 Å². The molecule has 0 fully saturated rings. The van der Waals surface area contributed by atoms with Gasteiger partial charge in [-0.1, -0.05) is 13.0 Å². The zero-order valence-corrected chi connectivity index (χ0v) is 17.8. The third-order valence-corrected chi connectivity index (χ3v) is 5.42. The molecule has 0 spiro atoms. The van der Waals surface area contributed by atoms with Crippen LogP contribution in [-0.4, -0.2) is 34.7 Å². The third-order valence-electron chi connectivity index (χ3n) is 4.06. The van der Waals surface area contributed by atoms with Gasteiger partial charge >= 0.3 is 5.97 Å². The van der Waals surface area contributed by atoms with Crippen LogP contribution in [0.5, 0.6) is 5.75 Å². The van der Waals surface area contributed by atoms with Crippen molar-refractivity contribution in [3.8, 4) is 5.75 Å². The zero-order chi connectivity index (χ0) is 21.9. The molecule has 0 bridgehead atoms. The molecule has 7 nitrogen and oxygen atoms in total. The Balaban J connectivity index is 1.96. The van der Waals surface area contributed by atoms with E-state index in [-0.39, 0.29) is 29.9 Å². The molecule has 1 atom stereocenters. The standard InChI is InChI=1S/C22H26N2O5S/c1-3-19(22(28)24-15-8-10-17(11-9-15)29-4-2)30-18-7-5-6-16(14-18)23-20(25)12-13-21(26)27/h5-11,14,19H,3-4,12-13H2,1-2H3,(H,23,25)(H,24,28)(H,26,27). The molecule has 0 aliphatic heterocycles. The summed E-state index contributed by atoms with van der Waals surface area (Å²) in [4.78, 5) is 35.9. The summed E-state index contributed by atoms with van der Waals surface area (Å²) in [6.07, 6.45) is 0.321. The molecule has 2 aromatic rings. The molecule has 0 heterocycles. The van der Waals surface area contributed by atoms with Crippen LogP contribution in [0, 0.1) is 0 Å². The van der Waals surface area contributed by atoms with Crippen molar-refractivity contribution >= 4 is 40.9 Å². The number of ether oxygens (including phenoxy) is 1. The summed E-state index contributed by atoms with van der Waals surface area (Å²) in [5.74, 6) is -0.736. The maximum Gasteiger partial charge on any atom is 0.303 e. The molecule has 0 aliphatic rings. The van der Waals surface area contributed by atoms with Gasteiger partial charge in [0, 0.05) is 22.7 Å². The minimum absolute atomic E-state index is 0.0885. The van der Waals surface area contributed by atoms with E-state index >= 15 is 0 Å². The van der Waals surface area contributed by atoms with Crippen LogP contribution in [0.1, 0.15) is 33.1 Å². The highest BCUT2D eigenvalue weighted by Crippen LogP contribution is 2.29. The van der Waals surface area contributed by atoms with Gasteiger partial charge in [-0.25, -0.2) is 0 Å². The van der Waals surface area contributed by atoms with Crippen LogP contribution in [0.15, 0.2) is 53.4 Å². The van der Waals surface area contributed by atoms with Crippen molar-refractivity contribution in [2.75, 3.05) is 17.2 Å². The molecule has 1 unspecified atom stereocenters. The normalized spacial score (nSPS) is 11.4. The van der Waals surface area contributed by atoms with Crippen LogP contribution < -0.4 is 15.4 Å². The first-order chi connectivity index (χ1) is 14.4. The van der Waals surface area contributed by atoms with Gasteiger partial charge in [0.1, 0.15) is 5.75 Å². The number of benzene rings is 2. The first kappa shape index (κ1) is 23.3. The second-order valence-corrected chi connectivity index (χ2v) is 7.71. The third kappa shape index (κ3) is 7.79. The summed E-state index contributed by atoms with van der Waals surface area (Å²) in [6.45, 7) is 4.43. The van der Waals surface area contributed by atoms with Gasteiger partial charge in [0.15, 0.2) is 0 Å². The lowest BCUT2D eigenvalue weighted by atomic mass is 10.2. The van der Waals surface area contributed by atoms with Gasteiger partial charge in [-0.15, -0.1) is 11.8 Å². The SMILES string of the molecule is CCOc1ccc(NC(=O)C(CC)Sc2cccc(NC(=O)CCC(=O)O)c2)cc1. The van der Waals surface area contributed by atoms with E-state index in [1.54, 1.807) is 30.3 Å². The van der Waals surface area contributed by atoms with Crippen LogP contribution in [0.3, 0.4) is 0 Å². The summed E-state index contributed by atoms with van der Waals surface area (Å²) in [5.41, 5.74) is 1.26. The van der Waals surface area contributed by atoms with Gasteiger partial charge in [0.2, 0.25) is 11.8 Å². The molecule has 0 saturated carbocycles. The lowest BCUT2D eigenvalue weighted by molar-refractivity contribution is -0.138. The van der Waals surface area contributed by atoms with Gasteiger partial charge in [0.25, 0.3) is 0 Å². The average Bonchev–Trinajstić information content (AvgIpc) is 2.72. The Bertz CT molecular complexity index is 870. The lowest BCUT2D eigenvalue weighted by Gasteiger charge is -2.16. The number of aliphatic carboxylic acids is 1. The number of nitrogens with one attached hydrogen (secondary N) is 2. The Morgan fingerprint density at radius 2 is 1.73 bits per heavy atom. The van der Waals surface area contributed by atoms with Crippen molar-refractivity contribution in [2.45, 2.75) is 43.3 Å². The second-order valence-electron chi connectivity index (χ2n) is 6.43. The van der Waals surface area contributed by atoms with E-state index in [2.05, 4.69) is 10.6 Å². The predicted octanol–water partition coefficient (Wildman–Crippen LogP) is 4.40. The fourth-order valence-electron chi connectivity index (χ4n) is 2.60. The molecule has 160 valence electrons. The first-order valence-corrected chi connectivity index (χ1v) is 10.6. The van der Waals surface area contributed by atoms with E-state index in [0.29, 0.717) is 24.4 Å². The number of carboxylic acid groups (broad SMARTS) is 1. The molecule has 0 aliphatic carbocycles. The maximum atomic E-state index is 12.7. The number of rotatable bonds is 11. The summed E-state index contributed by atoms with van der Waals surface area (Å²) in [5, 5.41) is 14.0. The van der Waals surface area contributed by atoms with Gasteiger partial charge in [0.05, 0.1) is 18.3 Å². The number of hydrogen-bond acceptors (Lipinski definition) is 5. The summed E-state index contributed by atoms with van der Waals surface area (Å²) < 4.78 is 5.40. The highest BCUT2D eigenvalue weighted by atomic mass is 32.2. The zero-order valence-electron chi connectivity index (χ0n) is 17.0. The largest absolute Gasteiger partial charge is 0.494 e. The van der Waals surface area contributed by atoms with Gasteiger partial charge in [-0.2, -0.15) is 0 Å². The van der Waals surface area contributed by atoms with Crippen molar-refractivity contribution in [2.24, 2.45) is 0 Å². The van der Waals surface area contributed by atoms with E-state index in [1.165, 1.54) is 11.8 Å². The fraction of sp³-hybridized carbons (Fsp3) is 0.318. The summed E-state index contributed by atoms with van der Waals surface area (Å²) in [6, 6.07) is 14.4. The lowest BCUT2D eigenvalue weighted by Crippen LogP contribution is -2.24. The molecular weight excluding hydrogens is 404 g/mol. The minimum atomic E-state index is -1.02. The van der Waals surface area contributed by atoms with Crippen LogP contribution >= 0.6 is 11.8 Å². The molecule has 8 heteroatoms. The van der Waals surface area contributed by atoms with E-state index in [9.17, 15) is 14.4 Å². The van der Waals surface area contributed by atoms with E-state index in [4.69, 9.17) is 9.84 Å². The average molecular weight is 431 g/mol. The van der Waals surface area contributed by atoms with Crippen LogP contribution in [-0.2, 0) is 14.4 Å². The Hall–Kier alpha value is -3.00.